The van der Waals surface area contributed by atoms with Gasteiger partial charge in [-0.05, 0) is 37.2 Å². The lowest BCUT2D eigenvalue weighted by atomic mass is 10.1. The zero-order valence-electron chi connectivity index (χ0n) is 8.45. The Morgan fingerprint density at radius 2 is 1.92 bits per heavy atom. The highest BCUT2D eigenvalue weighted by Gasteiger charge is 2.01. The van der Waals surface area contributed by atoms with Crippen molar-refractivity contribution in [3.63, 3.8) is 0 Å². The third-order valence-corrected chi connectivity index (χ3v) is 2.14. The van der Waals surface area contributed by atoms with E-state index in [1.807, 2.05) is 26.0 Å². The minimum Gasteiger partial charge on any atom is -0.491 e. The lowest BCUT2D eigenvalue weighted by Crippen LogP contribution is -2.05. The zero-order chi connectivity index (χ0) is 9.84. The quantitative estimate of drug-likeness (QED) is 0.673. The van der Waals surface area contributed by atoms with Crippen molar-refractivity contribution in [1.29, 1.82) is 0 Å². The van der Waals surface area contributed by atoms with Gasteiger partial charge in [0.2, 0.25) is 0 Å². The molecule has 2 unspecified atom stereocenters. The van der Waals surface area contributed by atoms with Gasteiger partial charge in [-0.25, -0.2) is 0 Å². The molecule has 1 rings (SSSR count). The highest BCUT2D eigenvalue weighted by atomic mass is 31.0. The van der Waals surface area contributed by atoms with E-state index in [0.717, 1.165) is 5.75 Å². The summed E-state index contributed by atoms with van der Waals surface area (Å²) in [6, 6.07) is 8.24. The van der Waals surface area contributed by atoms with Gasteiger partial charge in [0.15, 0.2) is 0 Å². The van der Waals surface area contributed by atoms with E-state index < -0.39 is 0 Å². The second kappa shape index (κ2) is 4.62. The van der Waals surface area contributed by atoms with Gasteiger partial charge < -0.3 is 4.74 Å². The molecule has 1 nitrogen and oxygen atoms in total. The van der Waals surface area contributed by atoms with Gasteiger partial charge in [0.05, 0.1) is 6.10 Å². The first-order chi connectivity index (χ1) is 6.09. The summed E-state index contributed by atoms with van der Waals surface area (Å²) in [5.41, 5.74) is 1.78. The molecule has 2 atom stereocenters. The minimum absolute atomic E-state index is 0.245. The standard InChI is InChI=1S/C11H17OP/c1-8(2)12-11-6-4-5-10(7-11)9(3)13/h4-9H,13H2,1-3H3. The van der Waals surface area contributed by atoms with E-state index in [0.29, 0.717) is 5.66 Å². The summed E-state index contributed by atoms with van der Waals surface area (Å²) >= 11 is 0. The van der Waals surface area contributed by atoms with E-state index in [1.54, 1.807) is 0 Å². The molecule has 0 saturated carbocycles. The molecule has 0 fully saturated rings. The number of rotatable bonds is 3. The predicted octanol–water partition coefficient (Wildman–Crippen LogP) is 3.41. The molecule has 0 aliphatic heterocycles. The van der Waals surface area contributed by atoms with E-state index in [1.165, 1.54) is 5.56 Å². The monoisotopic (exact) mass is 196 g/mol. The van der Waals surface area contributed by atoms with Crippen LogP contribution in [0.4, 0.5) is 0 Å². The van der Waals surface area contributed by atoms with Crippen molar-refractivity contribution in [3.05, 3.63) is 29.8 Å². The van der Waals surface area contributed by atoms with Crippen LogP contribution in [0.25, 0.3) is 0 Å². The van der Waals surface area contributed by atoms with Crippen LogP contribution < -0.4 is 4.74 Å². The molecule has 1 aromatic rings. The van der Waals surface area contributed by atoms with Crippen LogP contribution in [-0.2, 0) is 0 Å². The Hall–Kier alpha value is -0.550. The second-order valence-corrected chi connectivity index (χ2v) is 4.53. The topological polar surface area (TPSA) is 9.23 Å². The molecule has 0 saturated heterocycles. The maximum Gasteiger partial charge on any atom is 0.119 e. The predicted molar refractivity (Wildman–Crippen MR) is 60.3 cm³/mol. The SMILES string of the molecule is CC(C)Oc1cccc(C(C)P)c1. The summed E-state index contributed by atoms with van der Waals surface area (Å²) in [5, 5.41) is 0. The van der Waals surface area contributed by atoms with E-state index in [-0.39, 0.29) is 6.10 Å². The van der Waals surface area contributed by atoms with Crippen LogP contribution in [-0.4, -0.2) is 6.10 Å². The summed E-state index contributed by atoms with van der Waals surface area (Å²) < 4.78 is 5.60. The van der Waals surface area contributed by atoms with Crippen molar-refractivity contribution in [2.24, 2.45) is 0 Å². The van der Waals surface area contributed by atoms with Crippen LogP contribution in [0.5, 0.6) is 5.75 Å². The fourth-order valence-electron chi connectivity index (χ4n) is 1.14. The molecular weight excluding hydrogens is 179 g/mol. The van der Waals surface area contributed by atoms with E-state index in [4.69, 9.17) is 4.74 Å². The average molecular weight is 196 g/mol. The minimum atomic E-state index is 0.245. The van der Waals surface area contributed by atoms with Crippen LogP contribution in [0.3, 0.4) is 0 Å². The largest absolute Gasteiger partial charge is 0.491 e. The number of hydrogen-bond acceptors (Lipinski definition) is 1. The Labute approximate surface area is 82.7 Å². The molecule has 0 radical (unpaired) electrons. The van der Waals surface area contributed by atoms with Gasteiger partial charge in [-0.3, -0.25) is 0 Å². The lowest BCUT2D eigenvalue weighted by molar-refractivity contribution is 0.242. The Morgan fingerprint density at radius 1 is 1.23 bits per heavy atom. The maximum absolute atomic E-state index is 5.60. The first-order valence-corrected chi connectivity index (χ1v) is 5.28. The lowest BCUT2D eigenvalue weighted by Gasteiger charge is -2.12. The number of ether oxygens (including phenoxy) is 1. The number of hydrogen-bond donors (Lipinski definition) is 0. The fraction of sp³-hybridized carbons (Fsp3) is 0.455. The van der Waals surface area contributed by atoms with Gasteiger partial charge in [0, 0.05) is 0 Å². The molecule has 13 heavy (non-hydrogen) atoms. The summed E-state index contributed by atoms with van der Waals surface area (Å²) in [6.45, 7) is 6.23. The van der Waals surface area contributed by atoms with Gasteiger partial charge in [-0.15, -0.1) is 9.24 Å². The van der Waals surface area contributed by atoms with Crippen molar-refractivity contribution < 1.29 is 4.74 Å². The summed E-state index contributed by atoms with van der Waals surface area (Å²) in [4.78, 5) is 0. The van der Waals surface area contributed by atoms with Crippen molar-refractivity contribution in [3.8, 4) is 5.75 Å². The molecule has 0 N–H and O–H groups in total. The van der Waals surface area contributed by atoms with Crippen LogP contribution in [0.1, 0.15) is 32.0 Å². The normalized spacial score (nSPS) is 13.0. The van der Waals surface area contributed by atoms with Gasteiger partial charge >= 0.3 is 0 Å². The molecule has 0 spiro atoms. The molecule has 0 amide bonds. The smallest absolute Gasteiger partial charge is 0.119 e. The van der Waals surface area contributed by atoms with Crippen molar-refractivity contribution in [2.75, 3.05) is 0 Å². The summed E-state index contributed by atoms with van der Waals surface area (Å²) in [7, 11) is 2.78. The highest BCUT2D eigenvalue weighted by Crippen LogP contribution is 2.25. The third kappa shape index (κ3) is 3.36. The molecule has 0 aliphatic carbocycles. The van der Waals surface area contributed by atoms with Crippen molar-refractivity contribution in [1.82, 2.24) is 0 Å². The van der Waals surface area contributed by atoms with E-state index in [2.05, 4.69) is 28.3 Å². The Kier molecular flexibility index (Phi) is 3.74. The molecule has 1 aromatic carbocycles. The van der Waals surface area contributed by atoms with Gasteiger partial charge in [0.1, 0.15) is 5.75 Å². The highest BCUT2D eigenvalue weighted by molar-refractivity contribution is 7.17. The summed E-state index contributed by atoms with van der Waals surface area (Å²) in [6.07, 6.45) is 0.245. The van der Waals surface area contributed by atoms with Crippen LogP contribution >= 0.6 is 9.24 Å². The molecule has 0 bridgehead atoms. The van der Waals surface area contributed by atoms with Gasteiger partial charge in [-0.2, -0.15) is 0 Å². The molecule has 2 heteroatoms. The Bertz CT molecular complexity index is 269. The molecule has 0 aliphatic rings. The van der Waals surface area contributed by atoms with Crippen molar-refractivity contribution in [2.45, 2.75) is 32.5 Å². The molecule has 72 valence electrons. The Balaban J connectivity index is 2.79. The average Bonchev–Trinajstić information content (AvgIpc) is 2.03. The second-order valence-electron chi connectivity index (χ2n) is 3.53. The van der Waals surface area contributed by atoms with Crippen LogP contribution in [0.15, 0.2) is 24.3 Å². The molecule has 0 aromatic heterocycles. The van der Waals surface area contributed by atoms with Crippen LogP contribution in [0.2, 0.25) is 0 Å². The molecular formula is C11H17OP. The first-order valence-electron chi connectivity index (χ1n) is 4.62. The van der Waals surface area contributed by atoms with Gasteiger partial charge in [0.25, 0.3) is 0 Å². The van der Waals surface area contributed by atoms with Crippen LogP contribution in [0, 0.1) is 0 Å². The van der Waals surface area contributed by atoms with E-state index >= 15 is 0 Å². The Morgan fingerprint density at radius 3 is 2.46 bits per heavy atom. The van der Waals surface area contributed by atoms with Gasteiger partial charge in [-0.1, -0.05) is 19.1 Å². The maximum atomic E-state index is 5.60. The fourth-order valence-corrected chi connectivity index (χ4v) is 1.35. The molecule has 0 heterocycles. The number of benzene rings is 1. The third-order valence-electron chi connectivity index (χ3n) is 1.76. The zero-order valence-corrected chi connectivity index (χ0v) is 9.60. The first kappa shape index (κ1) is 10.5. The van der Waals surface area contributed by atoms with E-state index in [9.17, 15) is 0 Å². The van der Waals surface area contributed by atoms with Crippen molar-refractivity contribution >= 4 is 9.24 Å². The summed E-state index contributed by atoms with van der Waals surface area (Å²) in [5.74, 6) is 0.960.